The molecule has 0 atom stereocenters. The number of allylic oxidation sites excluding steroid dienone is 1. The van der Waals surface area contributed by atoms with Crippen LogP contribution >= 0.6 is 0 Å². The molecule has 1 heteroatoms. The van der Waals surface area contributed by atoms with E-state index in [9.17, 15) is 0 Å². The third-order valence-electron chi connectivity index (χ3n) is 0.129. The Morgan fingerprint density at radius 2 is 2.50 bits per heavy atom. The zero-order valence-corrected chi connectivity index (χ0v) is 4.32. The van der Waals surface area contributed by atoms with E-state index in [4.69, 9.17) is 0 Å². The minimum Gasteiger partial charge on any atom is 0 e. The maximum absolute atomic E-state index is 3.46. The van der Waals surface area contributed by atoms with Crippen LogP contribution in [0.4, 0.5) is 0 Å². The van der Waals surface area contributed by atoms with Crippen molar-refractivity contribution in [3.8, 4) is 0 Å². The summed E-state index contributed by atoms with van der Waals surface area (Å²) in [5.74, 6) is 0. The van der Waals surface area contributed by atoms with Crippen molar-refractivity contribution < 1.29 is 1.43 Å². The van der Waals surface area contributed by atoms with Crippen molar-refractivity contribution in [1.29, 1.82) is 0 Å². The van der Waals surface area contributed by atoms with Gasteiger partial charge in [-0.3, -0.25) is 0 Å². The molecule has 0 aliphatic heterocycles. The van der Waals surface area contributed by atoms with Crippen molar-refractivity contribution in [2.24, 2.45) is 0 Å². The second kappa shape index (κ2) is 3.30. The summed E-state index contributed by atoms with van der Waals surface area (Å²) in [6.45, 7) is 3.46. The Morgan fingerprint density at radius 3 is 2.50 bits per heavy atom. The second-order valence-corrected chi connectivity index (χ2v) is 1.24. The molecule has 0 bridgehead atoms. The fraction of sp³-hybridized carbons (Fsp3) is 0.333. The van der Waals surface area contributed by atoms with Crippen molar-refractivity contribution in [3.05, 3.63) is 12.7 Å². The van der Waals surface area contributed by atoms with E-state index >= 15 is 0 Å². The van der Waals surface area contributed by atoms with Crippen LogP contribution in [0.3, 0.4) is 0 Å². The summed E-state index contributed by atoms with van der Waals surface area (Å²) in [6, 6.07) is 0. The van der Waals surface area contributed by atoms with E-state index < -0.39 is 0 Å². The molecule has 2 radical (unpaired) electrons. The maximum Gasteiger partial charge on any atom is 0 e. The summed E-state index contributed by atoms with van der Waals surface area (Å²) in [5, 5.41) is 1.02. The molecule has 0 amide bonds. The first-order valence-corrected chi connectivity index (χ1v) is 2.46. The van der Waals surface area contributed by atoms with Crippen LogP contribution < -0.4 is 0 Å². The van der Waals surface area contributed by atoms with Crippen LogP contribution in [-0.4, -0.2) is 16.9 Å². The van der Waals surface area contributed by atoms with Crippen LogP contribution in [-0.2, 0) is 0 Å². The quantitative estimate of drug-likeness (QED) is 0.356. The molecule has 24 valence electrons. The van der Waals surface area contributed by atoms with Gasteiger partial charge in [0.15, 0.2) is 0 Å². The summed E-state index contributed by atoms with van der Waals surface area (Å²) in [4.78, 5) is 0. The molecule has 0 fully saturated rings. The predicted molar refractivity (Wildman–Crippen MR) is 22.9 cm³/mol. The van der Waals surface area contributed by atoms with Crippen LogP contribution in [0.5, 0.6) is 0 Å². The molecule has 0 unspecified atom stereocenters. The number of hydrogen-bond donors (Lipinski definition) is 0. The molecule has 0 heterocycles. The molecule has 0 aromatic carbocycles. The first-order valence-electron chi connectivity index (χ1n) is 1.13. The van der Waals surface area contributed by atoms with Crippen molar-refractivity contribution in [3.63, 3.8) is 0 Å². The Labute approximate surface area is 36.9 Å². The van der Waals surface area contributed by atoms with Gasteiger partial charge in [-0.15, -0.1) is 0 Å². The molecule has 0 rings (SSSR count). The molecule has 0 aromatic rings. The van der Waals surface area contributed by atoms with Crippen LogP contribution in [0.2, 0.25) is 5.21 Å². The molecule has 0 aliphatic rings. The van der Waals surface area contributed by atoms with E-state index in [0.717, 1.165) is 5.21 Å². The summed E-state index contributed by atoms with van der Waals surface area (Å²) in [5.41, 5.74) is 0. The molecule has 0 nitrogen and oxygen atoms in total. The summed E-state index contributed by atoms with van der Waals surface area (Å²) >= 11 is 2.42. The molecular weight excluding hydrogens is 111 g/mol. The standard InChI is InChI=1S/C3H5As.H2/c1-2-3-4;/h2H,1,3H2;1H. The molecule has 0 aliphatic carbocycles. The average Bonchev–Trinajstić information content (AvgIpc) is 1.37. The maximum atomic E-state index is 3.46. The zero-order chi connectivity index (χ0) is 3.41. The van der Waals surface area contributed by atoms with Gasteiger partial charge in [0.1, 0.15) is 0 Å². The van der Waals surface area contributed by atoms with E-state index in [1.807, 2.05) is 6.08 Å². The van der Waals surface area contributed by atoms with Crippen LogP contribution in [0.25, 0.3) is 0 Å². The van der Waals surface area contributed by atoms with Crippen molar-refractivity contribution in [1.82, 2.24) is 0 Å². The van der Waals surface area contributed by atoms with Crippen LogP contribution in [0.1, 0.15) is 1.43 Å². The normalized spacial score (nSPS) is 6.25. The average molecular weight is 118 g/mol. The molecule has 0 spiro atoms. The SMILES string of the molecule is C=CC[As].[HH]. The Balaban J connectivity index is 0. The Morgan fingerprint density at radius 1 is 2.25 bits per heavy atom. The van der Waals surface area contributed by atoms with Gasteiger partial charge in [0, 0.05) is 1.43 Å². The minimum absolute atomic E-state index is 0. The number of hydrogen-bond acceptors (Lipinski definition) is 0. The fourth-order valence-corrected chi connectivity index (χ4v) is 0. The monoisotopic (exact) mass is 118 g/mol. The predicted octanol–water partition coefficient (Wildman–Crippen LogP) is 1.01. The van der Waals surface area contributed by atoms with E-state index in [1.54, 1.807) is 0 Å². The van der Waals surface area contributed by atoms with Gasteiger partial charge in [0.2, 0.25) is 0 Å². The zero-order valence-electron chi connectivity index (χ0n) is 2.44. The van der Waals surface area contributed by atoms with Gasteiger partial charge in [0.05, 0.1) is 0 Å². The Hall–Kier alpha value is 0.298. The van der Waals surface area contributed by atoms with Crippen LogP contribution in [0.15, 0.2) is 12.7 Å². The smallest absolute Gasteiger partial charge is 0 e. The van der Waals surface area contributed by atoms with Gasteiger partial charge in [-0.05, 0) is 0 Å². The van der Waals surface area contributed by atoms with Crippen LogP contribution in [0, 0.1) is 0 Å². The largest absolute Gasteiger partial charge is 0 e. The molecule has 0 saturated heterocycles. The molecule has 0 saturated carbocycles. The third kappa shape index (κ3) is 2.30. The van der Waals surface area contributed by atoms with Gasteiger partial charge < -0.3 is 0 Å². The van der Waals surface area contributed by atoms with E-state index in [2.05, 4.69) is 23.4 Å². The van der Waals surface area contributed by atoms with Gasteiger partial charge in [-0.1, -0.05) is 0 Å². The second-order valence-electron chi connectivity index (χ2n) is 0.471. The van der Waals surface area contributed by atoms with E-state index in [1.165, 1.54) is 0 Å². The van der Waals surface area contributed by atoms with Crippen molar-refractivity contribution >= 4 is 16.9 Å². The van der Waals surface area contributed by atoms with Gasteiger partial charge in [-0.25, -0.2) is 0 Å². The molecule has 0 N–H and O–H groups in total. The summed E-state index contributed by atoms with van der Waals surface area (Å²) < 4.78 is 0. The molecular formula is C3H7As. The Kier molecular flexibility index (Phi) is 3.54. The summed E-state index contributed by atoms with van der Waals surface area (Å²) in [6.07, 6.45) is 1.85. The van der Waals surface area contributed by atoms with Gasteiger partial charge in [-0.2, -0.15) is 0 Å². The Bertz CT molecular complexity index is 20.9. The van der Waals surface area contributed by atoms with E-state index in [0.29, 0.717) is 0 Å². The van der Waals surface area contributed by atoms with Crippen molar-refractivity contribution in [2.45, 2.75) is 5.21 Å². The van der Waals surface area contributed by atoms with Gasteiger partial charge >= 0.3 is 34.7 Å². The fourth-order valence-electron chi connectivity index (χ4n) is 0. The minimum atomic E-state index is 0. The molecule has 4 heavy (non-hydrogen) atoms. The number of rotatable bonds is 1. The molecule has 0 aromatic heterocycles. The van der Waals surface area contributed by atoms with Gasteiger partial charge in [0.25, 0.3) is 0 Å². The van der Waals surface area contributed by atoms with Crippen molar-refractivity contribution in [2.75, 3.05) is 0 Å². The third-order valence-corrected chi connectivity index (χ3v) is 0.671. The first kappa shape index (κ1) is 4.30. The first-order chi connectivity index (χ1) is 1.91. The topological polar surface area (TPSA) is 0 Å². The summed E-state index contributed by atoms with van der Waals surface area (Å²) in [7, 11) is 0. The van der Waals surface area contributed by atoms with E-state index in [-0.39, 0.29) is 1.43 Å².